The van der Waals surface area contributed by atoms with Crippen LogP contribution in [0.1, 0.15) is 32.3 Å². The lowest BCUT2D eigenvalue weighted by atomic mass is 9.92. The van der Waals surface area contributed by atoms with Gasteiger partial charge in [0.25, 0.3) is 10.0 Å². The van der Waals surface area contributed by atoms with Gasteiger partial charge in [0.05, 0.1) is 10.6 Å². The van der Waals surface area contributed by atoms with Gasteiger partial charge in [-0.25, -0.2) is 8.42 Å². The minimum absolute atomic E-state index is 0.0171. The van der Waals surface area contributed by atoms with Gasteiger partial charge < -0.3 is 4.90 Å². The number of amides is 1. The van der Waals surface area contributed by atoms with E-state index in [1.807, 2.05) is 30.0 Å². The van der Waals surface area contributed by atoms with Crippen LogP contribution >= 0.6 is 0 Å². The Morgan fingerprint density at radius 2 is 1.59 bits per heavy atom. The molecule has 1 aliphatic heterocycles. The van der Waals surface area contributed by atoms with Gasteiger partial charge in [0.15, 0.2) is 0 Å². The summed E-state index contributed by atoms with van der Waals surface area (Å²) in [5, 5.41) is 0. The molecule has 0 bridgehead atoms. The molecule has 29 heavy (non-hydrogen) atoms. The Hall–Kier alpha value is -2.34. The molecule has 2 aromatic carbocycles. The number of hydrogen-bond acceptors (Lipinski definition) is 3. The lowest BCUT2D eigenvalue weighted by Gasteiger charge is -2.35. The molecule has 0 spiro atoms. The molecule has 1 saturated heterocycles. The van der Waals surface area contributed by atoms with Gasteiger partial charge in [0.1, 0.15) is 0 Å². The topological polar surface area (TPSA) is 57.7 Å². The van der Waals surface area contributed by atoms with E-state index >= 15 is 0 Å². The molecule has 0 saturated carbocycles. The van der Waals surface area contributed by atoms with E-state index in [-0.39, 0.29) is 23.8 Å². The highest BCUT2D eigenvalue weighted by atomic mass is 32.2. The minimum atomic E-state index is -3.76. The van der Waals surface area contributed by atoms with Crippen molar-refractivity contribution in [3.05, 3.63) is 60.2 Å². The maximum atomic E-state index is 13.3. The van der Waals surface area contributed by atoms with Crippen molar-refractivity contribution < 1.29 is 13.2 Å². The summed E-state index contributed by atoms with van der Waals surface area (Å²) in [7, 11) is -3.76. The van der Waals surface area contributed by atoms with Gasteiger partial charge in [-0.1, -0.05) is 49.7 Å². The number of aryl methyl sites for hydroxylation is 1. The zero-order valence-corrected chi connectivity index (χ0v) is 18.2. The Morgan fingerprint density at radius 1 is 1.00 bits per heavy atom. The molecule has 0 radical (unpaired) electrons. The SMILES string of the molecule is Cc1ccc(S(=O)(=O)N(CCC(=O)N2CC(C)CC(C)C2)c2ccccc2)cc1. The number of carbonyl (C=O) groups is 1. The maximum absolute atomic E-state index is 13.3. The van der Waals surface area contributed by atoms with Gasteiger partial charge in [0, 0.05) is 26.1 Å². The molecule has 1 heterocycles. The number of likely N-dealkylation sites (tertiary alicyclic amines) is 1. The molecule has 1 fully saturated rings. The highest BCUT2D eigenvalue weighted by molar-refractivity contribution is 7.92. The molecule has 6 heteroatoms. The summed E-state index contributed by atoms with van der Waals surface area (Å²) < 4.78 is 28.0. The summed E-state index contributed by atoms with van der Waals surface area (Å²) in [5.41, 5.74) is 1.57. The summed E-state index contributed by atoms with van der Waals surface area (Å²) >= 11 is 0. The Labute approximate surface area is 174 Å². The second-order valence-corrected chi connectivity index (χ2v) is 10.1. The highest BCUT2D eigenvalue weighted by Crippen LogP contribution is 2.25. The standard InChI is InChI=1S/C23H30N2O3S/c1-18-9-11-22(12-10-18)29(27,28)25(21-7-5-4-6-8-21)14-13-23(26)24-16-19(2)15-20(3)17-24/h4-12,19-20H,13-17H2,1-3H3. The Bertz CT molecular complexity index is 916. The summed E-state index contributed by atoms with van der Waals surface area (Å²) in [6, 6.07) is 15.8. The number of carbonyl (C=O) groups excluding carboxylic acids is 1. The monoisotopic (exact) mass is 414 g/mol. The number of sulfonamides is 1. The summed E-state index contributed by atoms with van der Waals surface area (Å²) in [4.78, 5) is 15.0. The van der Waals surface area contributed by atoms with Crippen molar-refractivity contribution in [1.29, 1.82) is 0 Å². The normalized spacial score (nSPS) is 19.8. The zero-order chi connectivity index (χ0) is 21.0. The first-order chi connectivity index (χ1) is 13.8. The predicted octanol–water partition coefficient (Wildman–Crippen LogP) is 4.08. The van der Waals surface area contributed by atoms with E-state index in [4.69, 9.17) is 0 Å². The quantitative estimate of drug-likeness (QED) is 0.715. The average molecular weight is 415 g/mol. The van der Waals surface area contributed by atoms with E-state index in [9.17, 15) is 13.2 Å². The molecule has 2 unspecified atom stereocenters. The fourth-order valence-corrected chi connectivity index (χ4v) is 5.51. The van der Waals surface area contributed by atoms with Gasteiger partial charge in [-0.05, 0) is 49.4 Å². The molecular formula is C23H30N2O3S. The third-order valence-corrected chi connectivity index (χ3v) is 7.25. The number of piperidine rings is 1. The lowest BCUT2D eigenvalue weighted by molar-refractivity contribution is -0.133. The van der Waals surface area contributed by atoms with Gasteiger partial charge in [-0.15, -0.1) is 0 Å². The van der Waals surface area contributed by atoms with E-state index in [1.165, 1.54) is 4.31 Å². The van der Waals surface area contributed by atoms with Crippen molar-refractivity contribution in [3.63, 3.8) is 0 Å². The molecule has 1 aliphatic rings. The molecule has 2 aromatic rings. The van der Waals surface area contributed by atoms with Crippen LogP contribution in [0.4, 0.5) is 5.69 Å². The van der Waals surface area contributed by atoms with Gasteiger partial charge in [-0.3, -0.25) is 9.10 Å². The van der Waals surface area contributed by atoms with Crippen LogP contribution in [0.15, 0.2) is 59.5 Å². The molecule has 0 aliphatic carbocycles. The number of benzene rings is 2. The fraction of sp³-hybridized carbons (Fsp3) is 0.435. The number of hydrogen-bond donors (Lipinski definition) is 0. The van der Waals surface area contributed by atoms with Crippen LogP contribution in [0, 0.1) is 18.8 Å². The third kappa shape index (κ3) is 5.18. The van der Waals surface area contributed by atoms with Crippen molar-refractivity contribution in [3.8, 4) is 0 Å². The molecule has 0 aromatic heterocycles. The molecule has 3 rings (SSSR count). The van der Waals surface area contributed by atoms with E-state index in [0.29, 0.717) is 17.5 Å². The van der Waals surface area contributed by atoms with E-state index in [0.717, 1.165) is 25.1 Å². The molecule has 5 nitrogen and oxygen atoms in total. The molecular weight excluding hydrogens is 384 g/mol. The van der Waals surface area contributed by atoms with E-state index in [2.05, 4.69) is 13.8 Å². The van der Waals surface area contributed by atoms with Crippen LogP contribution in [-0.4, -0.2) is 38.9 Å². The van der Waals surface area contributed by atoms with Crippen molar-refractivity contribution in [2.45, 2.75) is 38.5 Å². The zero-order valence-electron chi connectivity index (χ0n) is 17.4. The number of nitrogens with zero attached hydrogens (tertiary/aromatic N) is 2. The van der Waals surface area contributed by atoms with Crippen LogP contribution in [0.3, 0.4) is 0 Å². The molecule has 2 atom stereocenters. The van der Waals surface area contributed by atoms with Crippen LogP contribution in [-0.2, 0) is 14.8 Å². The van der Waals surface area contributed by atoms with Crippen molar-refractivity contribution in [2.24, 2.45) is 11.8 Å². The van der Waals surface area contributed by atoms with Gasteiger partial charge in [0.2, 0.25) is 5.91 Å². The smallest absolute Gasteiger partial charge is 0.264 e. The van der Waals surface area contributed by atoms with Crippen molar-refractivity contribution in [1.82, 2.24) is 4.90 Å². The molecule has 0 N–H and O–H groups in total. The van der Waals surface area contributed by atoms with Crippen molar-refractivity contribution in [2.75, 3.05) is 23.9 Å². The third-order valence-electron chi connectivity index (χ3n) is 5.40. The maximum Gasteiger partial charge on any atom is 0.264 e. The fourth-order valence-electron chi connectivity index (χ4n) is 4.04. The Kier molecular flexibility index (Phi) is 6.63. The number of anilines is 1. The van der Waals surface area contributed by atoms with Crippen LogP contribution in [0.5, 0.6) is 0 Å². The Morgan fingerprint density at radius 3 is 2.17 bits per heavy atom. The van der Waals surface area contributed by atoms with Crippen LogP contribution in [0.25, 0.3) is 0 Å². The second kappa shape index (κ2) is 8.99. The first-order valence-electron chi connectivity index (χ1n) is 10.2. The number of para-hydroxylation sites is 1. The summed E-state index contributed by atoms with van der Waals surface area (Å²) in [6.07, 6.45) is 1.29. The minimum Gasteiger partial charge on any atom is -0.342 e. The summed E-state index contributed by atoms with van der Waals surface area (Å²) in [5.74, 6) is 0.969. The van der Waals surface area contributed by atoms with Crippen LogP contribution < -0.4 is 4.31 Å². The van der Waals surface area contributed by atoms with Crippen LogP contribution in [0.2, 0.25) is 0 Å². The first-order valence-corrected chi connectivity index (χ1v) is 11.6. The molecule has 156 valence electrons. The largest absolute Gasteiger partial charge is 0.342 e. The summed E-state index contributed by atoms with van der Waals surface area (Å²) in [6.45, 7) is 7.86. The predicted molar refractivity (Wildman–Crippen MR) is 116 cm³/mol. The van der Waals surface area contributed by atoms with Crippen molar-refractivity contribution >= 4 is 21.6 Å². The second-order valence-electron chi connectivity index (χ2n) is 8.22. The van der Waals surface area contributed by atoms with Gasteiger partial charge >= 0.3 is 0 Å². The first kappa shape index (κ1) is 21.4. The number of rotatable bonds is 6. The lowest BCUT2D eigenvalue weighted by Crippen LogP contribution is -2.44. The van der Waals surface area contributed by atoms with Gasteiger partial charge in [-0.2, -0.15) is 0 Å². The van der Waals surface area contributed by atoms with E-state index < -0.39 is 10.0 Å². The van der Waals surface area contributed by atoms with E-state index in [1.54, 1.807) is 36.4 Å². The average Bonchev–Trinajstić information content (AvgIpc) is 2.68. The highest BCUT2D eigenvalue weighted by Gasteiger charge is 2.28. The molecule has 1 amide bonds. The Balaban J connectivity index is 1.81.